The molecule has 0 aromatic rings. The van der Waals surface area contributed by atoms with Gasteiger partial charge < -0.3 is 51.1 Å². The van der Waals surface area contributed by atoms with E-state index in [1.807, 2.05) is 6.92 Å². The molecule has 0 spiro atoms. The summed E-state index contributed by atoms with van der Waals surface area (Å²) in [5.41, 5.74) is -1.90. The number of hydrogen-bond acceptors (Lipinski definition) is 10. The molecular weight excluding hydrogens is 1230 g/mol. The van der Waals surface area contributed by atoms with E-state index in [2.05, 4.69) is 0 Å². The lowest BCUT2D eigenvalue weighted by molar-refractivity contribution is -0.138. The van der Waals surface area contributed by atoms with Crippen LogP contribution in [0.5, 0.6) is 0 Å². The molecule has 0 saturated carbocycles. The van der Waals surface area contributed by atoms with Crippen LogP contribution in [0.4, 0.5) is 0 Å². The maximum absolute atomic E-state index is 11.5. The van der Waals surface area contributed by atoms with Crippen molar-refractivity contribution in [2.75, 3.05) is 39.6 Å². The van der Waals surface area contributed by atoms with Gasteiger partial charge in [0, 0.05) is 36.5 Å². The summed E-state index contributed by atoms with van der Waals surface area (Å²) in [5.74, 6) is -2.37. The summed E-state index contributed by atoms with van der Waals surface area (Å²) >= 11 is 0. The van der Waals surface area contributed by atoms with Gasteiger partial charge in [-0.15, -0.1) is 0 Å². The van der Waals surface area contributed by atoms with Gasteiger partial charge in [0.2, 0.25) is 0 Å². The number of carboxylic acids is 4. The van der Waals surface area contributed by atoms with E-state index < -0.39 is 34.7 Å². The van der Waals surface area contributed by atoms with Gasteiger partial charge in [0.1, 0.15) is 0 Å². The normalized spacial score (nSPS) is 12.0. The van der Waals surface area contributed by atoms with Gasteiger partial charge in [-0.3, -0.25) is 19.2 Å². The van der Waals surface area contributed by atoms with E-state index in [4.69, 9.17) is 35.7 Å². The Kier molecular flexibility index (Phi) is 74.1. The number of unbranched alkanes of at least 4 members (excludes halogenated alkanes) is 56. The van der Waals surface area contributed by atoms with Gasteiger partial charge in [-0.25, -0.2) is 0 Å². The van der Waals surface area contributed by atoms with Crippen LogP contribution in [0.2, 0.25) is 0 Å². The highest BCUT2D eigenvalue weighted by Crippen LogP contribution is 2.56. The van der Waals surface area contributed by atoms with E-state index in [-0.39, 0.29) is 45.1 Å². The highest BCUT2D eigenvalue weighted by molar-refractivity contribution is 5.67. The van der Waals surface area contributed by atoms with Crippen molar-refractivity contribution in [1.82, 2.24) is 0 Å². The van der Waals surface area contributed by atoms with Gasteiger partial charge >= 0.3 is 23.9 Å². The zero-order valence-electron chi connectivity index (χ0n) is 64.2. The van der Waals surface area contributed by atoms with Crippen LogP contribution in [0, 0.1) is 22.2 Å². The van der Waals surface area contributed by atoms with Crippen molar-refractivity contribution in [1.29, 1.82) is 0 Å². The van der Waals surface area contributed by atoms with Crippen LogP contribution in [0.3, 0.4) is 0 Å². The predicted octanol–water partition coefficient (Wildman–Crippen LogP) is 22.8. The van der Waals surface area contributed by atoms with Crippen molar-refractivity contribution in [2.45, 2.75) is 450 Å². The molecule has 0 heterocycles. The molecule has 0 radical (unpaired) electrons. The number of carbonyl (C=O) groups is 4. The summed E-state index contributed by atoms with van der Waals surface area (Å²) in [4.78, 5) is 43.1. The summed E-state index contributed by atoms with van der Waals surface area (Å²) in [6.45, 7) is 0.851. The Morgan fingerprint density at radius 3 is 0.510 bits per heavy atom. The van der Waals surface area contributed by atoms with E-state index >= 15 is 0 Å². The first-order valence-electron chi connectivity index (χ1n) is 42.3. The quantitative estimate of drug-likeness (QED) is 0.0254. The topological polar surface area (TPSA) is 271 Å². The van der Waals surface area contributed by atoms with Crippen LogP contribution in [0.15, 0.2) is 0 Å². The summed E-state index contributed by atoms with van der Waals surface area (Å²) in [7, 11) is 0. The van der Waals surface area contributed by atoms with Gasteiger partial charge in [0.25, 0.3) is 0 Å². The minimum Gasteiger partial charge on any atom is -0.481 e. The molecule has 0 atom stereocenters. The van der Waals surface area contributed by atoms with Gasteiger partial charge in [-0.1, -0.05) is 366 Å². The van der Waals surface area contributed by atoms with E-state index in [0.29, 0.717) is 38.0 Å². The Bertz CT molecular complexity index is 1560. The Balaban J connectivity index is 0. The molecule has 0 aliphatic rings. The molecule has 0 saturated heterocycles. The van der Waals surface area contributed by atoms with Crippen molar-refractivity contribution < 1.29 is 70.2 Å². The number of carboxylic acid groups (broad SMARTS) is 4. The Hall–Kier alpha value is -2.36. The van der Waals surface area contributed by atoms with Crippen LogP contribution in [0.25, 0.3) is 0 Å². The standard InChI is InChI=1S/C78H150O11.C6H14O3/c79-69-77(70-80,71-81)78(67-59-51-43-35-27-19-11-3-9-17-25-33-41-49-57-65-75(86)87,68-60-52-44-36-28-20-12-4-10-18-26-34-42-50-58-66-76(88)89)72(61-53-45-37-29-21-13-5-1-7-15-23-31-39-47-55-63-73(82)83)62-54-46-38-30-22-14-6-2-8-16-24-32-40-48-56-64-74(84)85;1-2-6(3-7,4-8)5-9/h72,79-81H,1-71H2,(H,82,83)(H,84,85)(H,86,87)(H,88,89);7-9H,2-5H2,1H3. The molecule has 98 heavy (non-hydrogen) atoms. The van der Waals surface area contributed by atoms with Gasteiger partial charge in [0.05, 0.1) is 39.6 Å². The third-order valence-electron chi connectivity index (χ3n) is 22.4. The molecule has 0 unspecified atom stereocenters. The molecule has 0 aliphatic carbocycles. The second-order valence-corrected chi connectivity index (χ2v) is 30.8. The van der Waals surface area contributed by atoms with Crippen molar-refractivity contribution >= 4 is 23.9 Å². The number of aliphatic hydroxyl groups is 6. The molecule has 584 valence electrons. The minimum absolute atomic E-state index is 0.156. The summed E-state index contributed by atoms with van der Waals surface area (Å²) < 4.78 is 0. The van der Waals surface area contributed by atoms with Gasteiger partial charge in [-0.05, 0) is 69.1 Å². The zero-order valence-corrected chi connectivity index (χ0v) is 64.2. The van der Waals surface area contributed by atoms with Gasteiger partial charge in [-0.2, -0.15) is 0 Å². The predicted molar refractivity (Wildman–Crippen MR) is 408 cm³/mol. The fourth-order valence-corrected chi connectivity index (χ4v) is 15.3. The lowest BCUT2D eigenvalue weighted by Crippen LogP contribution is -2.54. The molecule has 14 nitrogen and oxygen atoms in total. The first kappa shape index (κ1) is 97.7. The Morgan fingerprint density at radius 1 is 0.224 bits per heavy atom. The third-order valence-corrected chi connectivity index (χ3v) is 22.4. The average Bonchev–Trinajstić information content (AvgIpc) is 0.758. The molecule has 0 aromatic heterocycles. The first-order chi connectivity index (χ1) is 47.7. The molecule has 10 N–H and O–H groups in total. The van der Waals surface area contributed by atoms with Crippen LogP contribution >= 0.6 is 0 Å². The van der Waals surface area contributed by atoms with Crippen molar-refractivity contribution in [3.8, 4) is 0 Å². The highest BCUT2D eigenvalue weighted by Gasteiger charge is 2.53. The van der Waals surface area contributed by atoms with Crippen LogP contribution < -0.4 is 0 Å². The zero-order chi connectivity index (χ0) is 72.4. The average molecular weight is 1400 g/mol. The maximum atomic E-state index is 11.5. The fraction of sp³-hybridized carbons (Fsp3) is 0.952. The SMILES string of the molecule is CCC(CO)(CO)CO.O=C(O)CCCCCCCCCCCCCCCCCC(CCCCCCCCCCCCCCCCCC(=O)O)C(CCCCCCCCCCCCCCCCCC(=O)O)(CCCCCCCCCCCCCCCCCC(=O)O)C(CO)(CO)CO. The van der Waals surface area contributed by atoms with Crippen LogP contribution in [-0.4, -0.2) is 115 Å². The molecule has 0 bridgehead atoms. The molecular formula is C84H164O14. The lowest BCUT2D eigenvalue weighted by Gasteiger charge is -2.54. The van der Waals surface area contributed by atoms with E-state index in [0.717, 1.165) is 116 Å². The molecule has 0 fully saturated rings. The minimum atomic E-state index is -0.914. The summed E-state index contributed by atoms with van der Waals surface area (Å²) in [6, 6.07) is 0. The molecule has 0 rings (SSSR count). The van der Waals surface area contributed by atoms with Crippen molar-refractivity contribution in [3.05, 3.63) is 0 Å². The summed E-state index contributed by atoms with van der Waals surface area (Å²) in [5, 5.41) is 96.0. The second-order valence-electron chi connectivity index (χ2n) is 30.8. The monoisotopic (exact) mass is 1400 g/mol. The second kappa shape index (κ2) is 74.4. The molecule has 0 aliphatic heterocycles. The van der Waals surface area contributed by atoms with Crippen LogP contribution in [0.1, 0.15) is 450 Å². The first-order valence-corrected chi connectivity index (χ1v) is 42.3. The molecule has 0 amide bonds. The highest BCUT2D eigenvalue weighted by atomic mass is 16.4. The Morgan fingerprint density at radius 2 is 0.378 bits per heavy atom. The number of hydrogen-bond donors (Lipinski definition) is 10. The smallest absolute Gasteiger partial charge is 0.303 e. The summed E-state index contributed by atoms with van der Waals surface area (Å²) in [6.07, 6.45) is 78.5. The fourth-order valence-electron chi connectivity index (χ4n) is 15.3. The lowest BCUT2D eigenvalue weighted by atomic mass is 9.52. The maximum Gasteiger partial charge on any atom is 0.303 e. The van der Waals surface area contributed by atoms with Gasteiger partial charge in [0.15, 0.2) is 0 Å². The van der Waals surface area contributed by atoms with E-state index in [1.165, 1.54) is 295 Å². The number of aliphatic hydroxyl groups excluding tert-OH is 6. The Labute approximate surface area is 603 Å². The number of rotatable bonds is 81. The van der Waals surface area contributed by atoms with E-state index in [1.54, 1.807) is 0 Å². The number of aliphatic carboxylic acids is 4. The van der Waals surface area contributed by atoms with Crippen molar-refractivity contribution in [3.63, 3.8) is 0 Å². The van der Waals surface area contributed by atoms with Crippen molar-refractivity contribution in [2.24, 2.45) is 22.2 Å². The third kappa shape index (κ3) is 60.1. The molecule has 14 heteroatoms. The van der Waals surface area contributed by atoms with E-state index in [9.17, 15) is 34.5 Å². The largest absolute Gasteiger partial charge is 0.481 e. The molecule has 0 aromatic carbocycles. The van der Waals surface area contributed by atoms with Crippen LogP contribution in [-0.2, 0) is 19.2 Å².